The predicted octanol–water partition coefficient (Wildman–Crippen LogP) is 21.4. The van der Waals surface area contributed by atoms with Crippen molar-refractivity contribution in [1.29, 1.82) is 0 Å². The van der Waals surface area contributed by atoms with Crippen molar-refractivity contribution >= 4 is 65.6 Å². The fraction of sp³-hybridized carbons (Fsp3) is 0. The second-order valence-electron chi connectivity index (χ2n) is 22.8. The number of fused-ring (bicyclic) bond motifs is 10. The van der Waals surface area contributed by atoms with Crippen molar-refractivity contribution in [1.82, 2.24) is 34.1 Å². The van der Waals surface area contributed by atoms with Crippen LogP contribution < -0.4 is 0 Å². The number of furan rings is 2. The van der Waals surface area contributed by atoms with Gasteiger partial charge in [-0.1, -0.05) is 231 Å². The quantitative estimate of drug-likeness (QED) is 0.134. The molecule has 0 saturated heterocycles. The average molecular weight is 1180 g/mol. The number of hydrogen-bond acceptors (Lipinski definition) is 7. The molecular weight excluding hydrogens is 1130 g/mol. The van der Waals surface area contributed by atoms with Crippen LogP contribution in [0.1, 0.15) is 0 Å². The molecule has 0 spiro atoms. The summed E-state index contributed by atoms with van der Waals surface area (Å²) >= 11 is 0. The summed E-state index contributed by atoms with van der Waals surface area (Å²) in [6, 6.07) is 107. The first kappa shape index (κ1) is 53.6. The summed E-state index contributed by atoms with van der Waals surface area (Å²) in [5.74, 6) is 2.58. The monoisotopic (exact) mass is 1180 g/mol. The van der Waals surface area contributed by atoms with Crippen LogP contribution in [0.15, 0.2) is 331 Å². The lowest BCUT2D eigenvalue weighted by Gasteiger charge is -2.12. The predicted molar refractivity (Wildman–Crippen MR) is 374 cm³/mol. The Morgan fingerprint density at radius 3 is 1.07 bits per heavy atom. The van der Waals surface area contributed by atoms with E-state index < -0.39 is 0 Å². The van der Waals surface area contributed by atoms with Crippen molar-refractivity contribution in [3.05, 3.63) is 322 Å². The third-order valence-corrected chi connectivity index (χ3v) is 17.2. The van der Waals surface area contributed by atoms with E-state index in [0.29, 0.717) is 23.3 Å². The van der Waals surface area contributed by atoms with E-state index in [-0.39, 0.29) is 0 Å². The molecule has 0 saturated carbocycles. The van der Waals surface area contributed by atoms with Crippen molar-refractivity contribution in [2.24, 2.45) is 0 Å². The number of hydrogen-bond donors (Lipinski definition) is 0. The second kappa shape index (κ2) is 22.8. The Balaban J connectivity index is 0.000000141. The molecule has 92 heavy (non-hydrogen) atoms. The van der Waals surface area contributed by atoms with Crippen LogP contribution in [0, 0.1) is 0 Å². The molecule has 9 nitrogen and oxygen atoms in total. The van der Waals surface area contributed by atoms with Gasteiger partial charge in [-0.3, -0.25) is 0 Å². The minimum absolute atomic E-state index is 0.618. The Hall–Kier alpha value is -12.6. The van der Waals surface area contributed by atoms with Crippen LogP contribution in [0.25, 0.3) is 167 Å². The fourth-order valence-corrected chi connectivity index (χ4v) is 12.8. The van der Waals surface area contributed by atoms with Gasteiger partial charge in [0.2, 0.25) is 0 Å². The summed E-state index contributed by atoms with van der Waals surface area (Å²) in [7, 11) is 0. The number of para-hydroxylation sites is 2. The van der Waals surface area contributed by atoms with E-state index in [1.165, 1.54) is 16.7 Å². The molecule has 432 valence electrons. The number of aromatic nitrogens is 7. The maximum absolute atomic E-state index is 5.99. The van der Waals surface area contributed by atoms with E-state index in [9.17, 15) is 0 Å². The lowest BCUT2D eigenvalue weighted by Crippen LogP contribution is -2.01. The largest absolute Gasteiger partial charge is 0.464 e. The van der Waals surface area contributed by atoms with Gasteiger partial charge in [-0.25, -0.2) is 24.9 Å². The lowest BCUT2D eigenvalue weighted by molar-refractivity contribution is 0.619. The van der Waals surface area contributed by atoms with E-state index in [1.807, 2.05) is 72.8 Å². The summed E-state index contributed by atoms with van der Waals surface area (Å²) in [5.41, 5.74) is 20.6. The van der Waals surface area contributed by atoms with Crippen LogP contribution in [0.4, 0.5) is 0 Å². The van der Waals surface area contributed by atoms with Gasteiger partial charge in [0.1, 0.15) is 11.2 Å². The first-order valence-corrected chi connectivity index (χ1v) is 30.7. The summed E-state index contributed by atoms with van der Waals surface area (Å²) in [5, 5.41) is 6.73. The molecule has 0 amide bonds. The molecule has 9 heteroatoms. The van der Waals surface area contributed by atoms with Crippen LogP contribution in [0.5, 0.6) is 0 Å². The highest BCUT2D eigenvalue weighted by atomic mass is 16.3. The fourth-order valence-electron chi connectivity index (χ4n) is 12.8. The molecule has 0 fully saturated rings. The molecule has 6 aromatic heterocycles. The molecule has 0 N–H and O–H groups in total. The first-order chi connectivity index (χ1) is 45.6. The van der Waals surface area contributed by atoms with Crippen molar-refractivity contribution < 1.29 is 8.83 Å². The van der Waals surface area contributed by atoms with Crippen molar-refractivity contribution in [2.45, 2.75) is 0 Å². The van der Waals surface area contributed by atoms with Crippen molar-refractivity contribution in [2.75, 3.05) is 0 Å². The highest BCUT2D eigenvalue weighted by molar-refractivity contribution is 6.20. The highest BCUT2D eigenvalue weighted by Crippen LogP contribution is 2.41. The molecule has 0 radical (unpaired) electrons. The van der Waals surface area contributed by atoms with Gasteiger partial charge < -0.3 is 18.0 Å². The normalized spacial score (nSPS) is 11.5. The van der Waals surface area contributed by atoms with Gasteiger partial charge in [-0.05, 0) is 101 Å². The molecular formula is C83H53N7O2. The third-order valence-electron chi connectivity index (χ3n) is 17.2. The van der Waals surface area contributed by atoms with Crippen LogP contribution in [0.3, 0.4) is 0 Å². The van der Waals surface area contributed by atoms with E-state index in [4.69, 9.17) is 33.8 Å². The zero-order chi connectivity index (χ0) is 60.9. The summed E-state index contributed by atoms with van der Waals surface area (Å²) in [4.78, 5) is 25.1. The SMILES string of the molecule is c1ccc(-c2ccc(-c3cc(-c4cccc(-n5c6ccccc6c6c7occc7ccc65)c4)nc(-c4ccccc4)n3)cc2)cc1.c1ccc(-c2ccc(-c3nc(-c4ccccc4)nc(-c4cccc(-n5c6ccccc6c6c7occc7ccc65)c4)n3)cc2)cc1. The Morgan fingerprint density at radius 1 is 0.228 bits per heavy atom. The van der Waals surface area contributed by atoms with Gasteiger partial charge in [0.25, 0.3) is 0 Å². The minimum Gasteiger partial charge on any atom is -0.464 e. The smallest absolute Gasteiger partial charge is 0.164 e. The second-order valence-corrected chi connectivity index (χ2v) is 22.8. The van der Waals surface area contributed by atoms with Gasteiger partial charge >= 0.3 is 0 Å². The maximum atomic E-state index is 5.99. The molecule has 0 atom stereocenters. The summed E-state index contributed by atoms with van der Waals surface area (Å²) in [6.45, 7) is 0. The molecule has 18 aromatic rings. The van der Waals surface area contributed by atoms with Crippen molar-refractivity contribution in [3.63, 3.8) is 0 Å². The number of benzene rings is 12. The van der Waals surface area contributed by atoms with E-state index >= 15 is 0 Å². The van der Waals surface area contributed by atoms with E-state index in [2.05, 4.69) is 246 Å². The molecule has 6 heterocycles. The Bertz CT molecular complexity index is 5380. The van der Waals surface area contributed by atoms with Gasteiger partial charge in [-0.15, -0.1) is 0 Å². The number of nitrogens with zero attached hydrogens (tertiary/aromatic N) is 7. The minimum atomic E-state index is 0.618. The van der Waals surface area contributed by atoms with Crippen molar-refractivity contribution in [3.8, 4) is 102 Å². The van der Waals surface area contributed by atoms with Gasteiger partial charge in [0.05, 0.1) is 56.8 Å². The van der Waals surface area contributed by atoms with Crippen LogP contribution in [-0.4, -0.2) is 34.1 Å². The zero-order valence-corrected chi connectivity index (χ0v) is 49.5. The molecule has 18 rings (SSSR count). The molecule has 12 aromatic carbocycles. The van der Waals surface area contributed by atoms with E-state index in [0.717, 1.165) is 127 Å². The third kappa shape index (κ3) is 9.74. The van der Waals surface area contributed by atoms with Gasteiger partial charge in [0, 0.05) is 66.3 Å². The Kier molecular flexibility index (Phi) is 13.3. The van der Waals surface area contributed by atoms with Crippen LogP contribution >= 0.6 is 0 Å². The average Bonchev–Trinajstić information content (AvgIpc) is 1.61. The van der Waals surface area contributed by atoms with Gasteiger partial charge in [0.15, 0.2) is 23.3 Å². The molecule has 0 aliphatic carbocycles. The zero-order valence-electron chi connectivity index (χ0n) is 49.5. The molecule has 0 unspecified atom stereocenters. The maximum Gasteiger partial charge on any atom is 0.164 e. The lowest BCUT2D eigenvalue weighted by atomic mass is 10.0. The van der Waals surface area contributed by atoms with Crippen LogP contribution in [-0.2, 0) is 0 Å². The molecule has 0 aliphatic heterocycles. The first-order valence-electron chi connectivity index (χ1n) is 30.7. The standard InChI is InChI=1S/C42H27N3O.C41H26N4O/c1-3-10-28(11-4-1)29-18-20-30(21-19-29)36-27-37(44-42(43-36)32-12-5-2-6-13-32)33-14-9-15-34(26-33)45-38-17-8-7-16-35(38)40-39(45)23-22-31-24-25-46-41(31)40;1-3-10-27(11-4-1)28-18-20-31(21-19-28)40-42-39(30-12-5-2-6-13-30)43-41(44-40)32-14-9-15-33(26-32)45-35-17-8-7-16-34(35)37-36(45)23-22-29-24-25-46-38(29)37/h1-27H;1-26H. The Morgan fingerprint density at radius 2 is 0.576 bits per heavy atom. The summed E-state index contributed by atoms with van der Waals surface area (Å²) in [6.07, 6.45) is 3.53. The van der Waals surface area contributed by atoms with Crippen LogP contribution in [0.2, 0.25) is 0 Å². The highest BCUT2D eigenvalue weighted by Gasteiger charge is 2.21. The molecule has 0 bridgehead atoms. The number of rotatable bonds is 10. The molecule has 0 aliphatic rings. The summed E-state index contributed by atoms with van der Waals surface area (Å²) < 4.78 is 16.6. The topological polar surface area (TPSA) is 101 Å². The Labute approximate surface area is 529 Å². The van der Waals surface area contributed by atoms with E-state index in [1.54, 1.807) is 12.5 Å². The van der Waals surface area contributed by atoms with Gasteiger partial charge in [-0.2, -0.15) is 0 Å².